The third-order valence-electron chi connectivity index (χ3n) is 6.62. The molecule has 0 spiro atoms. The fourth-order valence-electron chi connectivity index (χ4n) is 4.47. The lowest BCUT2D eigenvalue weighted by atomic mass is 9.91. The molecule has 4 rings (SSSR count). The Labute approximate surface area is 243 Å². The van der Waals surface area contributed by atoms with Gasteiger partial charge in [-0.25, -0.2) is 14.1 Å². The van der Waals surface area contributed by atoms with E-state index in [9.17, 15) is 19.3 Å². The van der Waals surface area contributed by atoms with Crippen LogP contribution in [0.2, 0.25) is 0 Å². The summed E-state index contributed by atoms with van der Waals surface area (Å²) in [6.07, 6.45) is -2.19. The molecule has 1 saturated heterocycles. The zero-order valence-corrected chi connectivity index (χ0v) is 24.9. The van der Waals surface area contributed by atoms with Gasteiger partial charge in [-0.1, -0.05) is 32.0 Å². The number of nitrogens with two attached hydrogens (primary N) is 1. The molecule has 0 saturated carbocycles. The number of rotatable bonds is 12. The second kappa shape index (κ2) is 12.8. The van der Waals surface area contributed by atoms with Crippen molar-refractivity contribution in [3.63, 3.8) is 0 Å². The Bertz CT molecular complexity index is 1450. The van der Waals surface area contributed by atoms with Crippen molar-refractivity contribution in [2.45, 2.75) is 64.6 Å². The molecule has 1 fully saturated rings. The van der Waals surface area contributed by atoms with Crippen LogP contribution in [0, 0.1) is 5.92 Å². The van der Waals surface area contributed by atoms with Crippen LogP contribution in [0.4, 0.5) is 5.82 Å². The molecular weight excluding hydrogens is 569 g/mol. The monoisotopic (exact) mass is 605 g/mol. The SMILES string of the molecule is CCOC(=O)[C@H](C)NP(=O)(OC[C@H]1O[C@@H](c2ccc3c(N)ncnn23)[C@](C)(O)[C@@H]1OC(=O)C(C)C)Oc1ccccc1. The summed E-state index contributed by atoms with van der Waals surface area (Å²) in [7, 11) is -4.27. The van der Waals surface area contributed by atoms with E-state index in [0.717, 1.165) is 0 Å². The molecule has 228 valence electrons. The summed E-state index contributed by atoms with van der Waals surface area (Å²) >= 11 is 0. The highest BCUT2D eigenvalue weighted by molar-refractivity contribution is 7.52. The largest absolute Gasteiger partial charge is 0.465 e. The minimum absolute atomic E-state index is 0.121. The average Bonchev–Trinajstić information content (AvgIpc) is 3.47. The maximum Gasteiger partial charge on any atom is 0.459 e. The molecule has 14 nitrogen and oxygen atoms in total. The number of ether oxygens (including phenoxy) is 3. The molecule has 1 aromatic carbocycles. The normalized spacial score (nSPS) is 24.3. The van der Waals surface area contributed by atoms with Crippen LogP contribution >= 0.6 is 7.75 Å². The third-order valence-corrected chi connectivity index (χ3v) is 8.26. The van der Waals surface area contributed by atoms with E-state index in [0.29, 0.717) is 11.2 Å². The summed E-state index contributed by atoms with van der Waals surface area (Å²) in [5.41, 5.74) is 5.09. The van der Waals surface area contributed by atoms with Gasteiger partial charge in [-0.05, 0) is 45.0 Å². The Balaban J connectivity index is 1.64. The molecule has 3 heterocycles. The van der Waals surface area contributed by atoms with Crippen molar-refractivity contribution in [2.75, 3.05) is 18.9 Å². The summed E-state index contributed by atoms with van der Waals surface area (Å²) in [5.74, 6) is -1.33. The fourth-order valence-corrected chi connectivity index (χ4v) is 5.97. The molecule has 0 amide bonds. The standard InChI is InChI=1S/C27H36N5O9P/c1-6-37-26(34)17(4)31-42(36,41-18-10-8-7-9-11-18)38-14-21-23(40-25(33)16(2)3)27(5,35)22(39-21)19-12-13-20-24(28)29-15-30-32(19)20/h7-13,15-17,21-23,35H,6,14H2,1-5H3,(H,31,36)(H2,28,29,30)/t17-,21+,22-,23+,27-,42?/m0/s1. The van der Waals surface area contributed by atoms with Gasteiger partial charge in [0, 0.05) is 0 Å². The van der Waals surface area contributed by atoms with E-state index in [4.69, 9.17) is 29.0 Å². The van der Waals surface area contributed by atoms with Gasteiger partial charge in [-0.15, -0.1) is 0 Å². The van der Waals surface area contributed by atoms with Gasteiger partial charge in [-0.2, -0.15) is 10.2 Å². The van der Waals surface area contributed by atoms with E-state index in [2.05, 4.69) is 15.2 Å². The Kier molecular flexibility index (Phi) is 9.53. The summed E-state index contributed by atoms with van der Waals surface area (Å²) in [4.78, 5) is 29.0. The summed E-state index contributed by atoms with van der Waals surface area (Å²) in [6.45, 7) is 7.52. The van der Waals surface area contributed by atoms with Crippen molar-refractivity contribution in [1.29, 1.82) is 0 Å². The van der Waals surface area contributed by atoms with Crippen LogP contribution in [0.15, 0.2) is 48.8 Å². The third kappa shape index (κ3) is 6.74. The van der Waals surface area contributed by atoms with Crippen LogP contribution in [-0.4, -0.2) is 68.7 Å². The summed E-state index contributed by atoms with van der Waals surface area (Å²) in [5, 5.41) is 18.5. The predicted octanol–water partition coefficient (Wildman–Crippen LogP) is 2.82. The maximum absolute atomic E-state index is 14.0. The van der Waals surface area contributed by atoms with Crippen LogP contribution in [0.1, 0.15) is 46.4 Å². The average molecular weight is 606 g/mol. The Morgan fingerprint density at radius 3 is 2.57 bits per heavy atom. The number of para-hydroxylation sites is 1. The highest BCUT2D eigenvalue weighted by atomic mass is 31.2. The first kappa shape index (κ1) is 31.4. The number of nitrogen functional groups attached to an aromatic ring is 1. The van der Waals surface area contributed by atoms with Crippen LogP contribution < -0.4 is 15.3 Å². The zero-order valence-electron chi connectivity index (χ0n) is 24.0. The maximum atomic E-state index is 14.0. The van der Waals surface area contributed by atoms with Gasteiger partial charge in [0.05, 0.1) is 24.8 Å². The molecule has 1 aliphatic rings. The molecule has 3 aromatic rings. The number of nitrogens with zero attached hydrogens (tertiary/aromatic N) is 3. The molecule has 4 N–H and O–H groups in total. The number of esters is 2. The number of aliphatic hydroxyl groups is 1. The van der Waals surface area contributed by atoms with Crippen molar-refractivity contribution in [3.8, 4) is 5.75 Å². The first-order valence-corrected chi connectivity index (χ1v) is 15.0. The lowest BCUT2D eigenvalue weighted by molar-refractivity contribution is -0.166. The van der Waals surface area contributed by atoms with E-state index < -0.39 is 62.2 Å². The minimum Gasteiger partial charge on any atom is -0.465 e. The number of benzene rings is 1. The highest BCUT2D eigenvalue weighted by Crippen LogP contribution is 2.48. The predicted molar refractivity (Wildman–Crippen MR) is 150 cm³/mol. The molecular formula is C27H36N5O9P. The number of carbonyl (C=O) groups is 2. The number of nitrogens with one attached hydrogen (secondary N) is 1. The molecule has 2 aromatic heterocycles. The molecule has 6 atom stereocenters. The van der Waals surface area contributed by atoms with E-state index in [-0.39, 0.29) is 18.2 Å². The molecule has 1 aliphatic heterocycles. The number of hydrogen-bond acceptors (Lipinski definition) is 12. The van der Waals surface area contributed by atoms with Crippen LogP contribution in [0.5, 0.6) is 5.75 Å². The van der Waals surface area contributed by atoms with Gasteiger partial charge in [0.2, 0.25) is 0 Å². The van der Waals surface area contributed by atoms with Gasteiger partial charge in [-0.3, -0.25) is 14.1 Å². The number of hydrogen-bond donors (Lipinski definition) is 3. The molecule has 0 aliphatic carbocycles. The van der Waals surface area contributed by atoms with E-state index in [1.54, 1.807) is 63.2 Å². The van der Waals surface area contributed by atoms with Crippen LogP contribution in [-0.2, 0) is 32.9 Å². The number of fused-ring (bicyclic) bond motifs is 1. The smallest absolute Gasteiger partial charge is 0.459 e. The first-order chi connectivity index (χ1) is 19.9. The molecule has 42 heavy (non-hydrogen) atoms. The quantitative estimate of drug-likeness (QED) is 0.202. The van der Waals surface area contributed by atoms with Crippen molar-refractivity contribution in [2.24, 2.45) is 5.92 Å². The number of anilines is 1. The van der Waals surface area contributed by atoms with Crippen molar-refractivity contribution in [1.82, 2.24) is 19.7 Å². The summed E-state index contributed by atoms with van der Waals surface area (Å²) in [6, 6.07) is 10.5. The summed E-state index contributed by atoms with van der Waals surface area (Å²) < 4.78 is 43.9. The lowest BCUT2D eigenvalue weighted by Crippen LogP contribution is -2.47. The second-order valence-electron chi connectivity index (χ2n) is 10.3. The van der Waals surface area contributed by atoms with E-state index in [1.807, 2.05) is 0 Å². The van der Waals surface area contributed by atoms with Gasteiger partial charge >= 0.3 is 19.7 Å². The molecule has 0 radical (unpaired) electrons. The fraction of sp³-hybridized carbons (Fsp3) is 0.481. The van der Waals surface area contributed by atoms with Crippen LogP contribution in [0.3, 0.4) is 0 Å². The Hall–Kier alpha value is -3.55. The number of aromatic nitrogens is 3. The zero-order chi connectivity index (χ0) is 30.7. The van der Waals surface area contributed by atoms with Gasteiger partial charge in [0.25, 0.3) is 0 Å². The van der Waals surface area contributed by atoms with Gasteiger partial charge in [0.1, 0.15) is 41.4 Å². The van der Waals surface area contributed by atoms with Crippen LogP contribution in [0.25, 0.3) is 5.52 Å². The topological polar surface area (TPSA) is 186 Å². The van der Waals surface area contributed by atoms with Crippen molar-refractivity contribution >= 4 is 31.0 Å². The van der Waals surface area contributed by atoms with Gasteiger partial charge < -0.3 is 29.6 Å². The highest BCUT2D eigenvalue weighted by Gasteiger charge is 2.57. The van der Waals surface area contributed by atoms with E-state index >= 15 is 0 Å². The van der Waals surface area contributed by atoms with Gasteiger partial charge in [0.15, 0.2) is 11.9 Å². The second-order valence-corrected chi connectivity index (χ2v) is 12.0. The lowest BCUT2D eigenvalue weighted by Gasteiger charge is -2.30. The minimum atomic E-state index is -4.27. The number of carbonyl (C=O) groups excluding carboxylic acids is 2. The van der Waals surface area contributed by atoms with Crippen molar-refractivity contribution in [3.05, 3.63) is 54.5 Å². The molecule has 15 heteroatoms. The Morgan fingerprint density at radius 1 is 1.19 bits per heavy atom. The first-order valence-electron chi connectivity index (χ1n) is 13.5. The molecule has 1 unspecified atom stereocenters. The van der Waals surface area contributed by atoms with E-state index in [1.165, 1.54) is 24.7 Å². The molecule has 0 bridgehead atoms. The Morgan fingerprint density at radius 2 is 1.90 bits per heavy atom. The van der Waals surface area contributed by atoms with Crippen molar-refractivity contribution < 1.29 is 42.5 Å².